The highest BCUT2D eigenvalue weighted by Gasteiger charge is 2.51. The molecule has 3 nitrogen and oxygen atoms in total. The van der Waals surface area contributed by atoms with Crippen LogP contribution in [-0.4, -0.2) is 22.8 Å². The van der Waals surface area contributed by atoms with Gasteiger partial charge in [-0.2, -0.15) is 0 Å². The Balaban J connectivity index is 3.12. The number of aldehydes is 1. The van der Waals surface area contributed by atoms with Gasteiger partial charge in [0, 0.05) is 29.7 Å². The maximum atomic E-state index is 11.6. The number of hydrogen-bond acceptors (Lipinski definition) is 3. The largest absolute Gasteiger partial charge is 0.377 e. The molecule has 1 N–H and O–H groups in total. The second-order valence-electron chi connectivity index (χ2n) is 5.71. The van der Waals surface area contributed by atoms with Crippen molar-refractivity contribution in [1.29, 1.82) is 0 Å². The van der Waals surface area contributed by atoms with Crippen LogP contribution in [0.3, 0.4) is 0 Å². The van der Waals surface area contributed by atoms with E-state index in [1.807, 2.05) is 20.8 Å². The SMILES string of the molecule is C/C(C#CC1(O)C(C)CC(=O)CC1(C)C)=C\C=O. The van der Waals surface area contributed by atoms with Gasteiger partial charge in [-0.05, 0) is 13.0 Å². The number of carbonyl (C=O) groups excluding carboxylic acids is 2. The van der Waals surface area contributed by atoms with Crippen molar-refractivity contribution in [3.63, 3.8) is 0 Å². The molecule has 0 spiro atoms. The van der Waals surface area contributed by atoms with E-state index in [9.17, 15) is 14.7 Å². The van der Waals surface area contributed by atoms with Crippen molar-refractivity contribution in [2.45, 2.75) is 46.1 Å². The predicted molar refractivity (Wildman–Crippen MR) is 69.7 cm³/mol. The first-order valence-electron chi connectivity index (χ1n) is 6.12. The van der Waals surface area contributed by atoms with Gasteiger partial charge in [-0.25, -0.2) is 0 Å². The third-order valence-electron chi connectivity index (χ3n) is 3.69. The first-order chi connectivity index (χ1) is 8.23. The molecule has 0 heterocycles. The summed E-state index contributed by atoms with van der Waals surface area (Å²) >= 11 is 0. The Bertz CT molecular complexity index is 448. The lowest BCUT2D eigenvalue weighted by Gasteiger charge is -2.46. The molecule has 0 aromatic rings. The van der Waals surface area contributed by atoms with Crippen molar-refractivity contribution in [3.05, 3.63) is 11.6 Å². The fourth-order valence-corrected chi connectivity index (χ4v) is 2.49. The van der Waals surface area contributed by atoms with Gasteiger partial charge in [0.05, 0.1) is 0 Å². The van der Waals surface area contributed by atoms with Crippen molar-refractivity contribution in [1.82, 2.24) is 0 Å². The molecular formula is C15H20O3. The molecule has 1 aliphatic carbocycles. The summed E-state index contributed by atoms with van der Waals surface area (Å²) in [4.78, 5) is 21.9. The molecular weight excluding hydrogens is 228 g/mol. The first-order valence-corrected chi connectivity index (χ1v) is 6.12. The molecule has 1 aliphatic rings. The third-order valence-corrected chi connectivity index (χ3v) is 3.69. The van der Waals surface area contributed by atoms with Crippen molar-refractivity contribution in [2.75, 3.05) is 0 Å². The molecule has 2 atom stereocenters. The average Bonchev–Trinajstić information content (AvgIpc) is 2.23. The van der Waals surface area contributed by atoms with E-state index < -0.39 is 11.0 Å². The van der Waals surface area contributed by atoms with E-state index in [-0.39, 0.29) is 11.7 Å². The van der Waals surface area contributed by atoms with Crippen LogP contribution in [0.5, 0.6) is 0 Å². The molecule has 0 amide bonds. The standard InChI is InChI=1S/C15H20O3/c1-11(6-8-16)5-7-15(18)12(2)9-13(17)10-14(15,3)4/h6,8,12,18H,9-10H2,1-4H3/b11-6+. The minimum absolute atomic E-state index is 0.166. The Kier molecular flexibility index (Phi) is 4.13. The molecule has 18 heavy (non-hydrogen) atoms. The minimum atomic E-state index is -1.20. The molecule has 0 saturated heterocycles. The molecule has 0 radical (unpaired) electrons. The molecule has 2 unspecified atom stereocenters. The van der Waals surface area contributed by atoms with E-state index in [4.69, 9.17) is 0 Å². The Hall–Kier alpha value is -1.40. The maximum absolute atomic E-state index is 11.6. The van der Waals surface area contributed by atoms with Crippen LogP contribution in [0.15, 0.2) is 11.6 Å². The Labute approximate surface area is 108 Å². The number of hydrogen-bond donors (Lipinski definition) is 1. The molecule has 98 valence electrons. The number of carbonyl (C=O) groups is 2. The summed E-state index contributed by atoms with van der Waals surface area (Å²) in [5, 5.41) is 10.8. The lowest BCUT2D eigenvalue weighted by Crippen LogP contribution is -2.53. The van der Waals surface area contributed by atoms with Gasteiger partial charge in [0.25, 0.3) is 0 Å². The van der Waals surface area contributed by atoms with Crippen molar-refractivity contribution in [3.8, 4) is 11.8 Å². The molecule has 0 aromatic carbocycles. The summed E-state index contributed by atoms with van der Waals surface area (Å²) in [7, 11) is 0. The third kappa shape index (κ3) is 2.70. The van der Waals surface area contributed by atoms with Crippen LogP contribution in [0.2, 0.25) is 0 Å². The molecule has 0 aliphatic heterocycles. The monoisotopic (exact) mass is 248 g/mol. The summed E-state index contributed by atoms with van der Waals surface area (Å²) in [5.41, 5.74) is -1.16. The van der Waals surface area contributed by atoms with E-state index in [0.29, 0.717) is 24.7 Å². The van der Waals surface area contributed by atoms with Crippen LogP contribution in [-0.2, 0) is 9.59 Å². The lowest BCUT2D eigenvalue weighted by atomic mass is 9.60. The highest BCUT2D eigenvalue weighted by molar-refractivity contribution is 5.81. The molecule has 1 rings (SSSR count). The number of allylic oxidation sites excluding steroid dienone is 2. The Morgan fingerprint density at radius 1 is 1.50 bits per heavy atom. The Morgan fingerprint density at radius 2 is 2.11 bits per heavy atom. The van der Waals surface area contributed by atoms with Gasteiger partial charge in [0.15, 0.2) is 0 Å². The summed E-state index contributed by atoms with van der Waals surface area (Å²) in [6.45, 7) is 7.27. The first kappa shape index (κ1) is 14.7. The van der Waals surface area contributed by atoms with Gasteiger partial charge in [0.2, 0.25) is 0 Å². The highest BCUT2D eigenvalue weighted by atomic mass is 16.3. The van der Waals surface area contributed by atoms with Gasteiger partial charge in [-0.15, -0.1) is 0 Å². The fourth-order valence-electron chi connectivity index (χ4n) is 2.49. The fraction of sp³-hybridized carbons (Fsp3) is 0.600. The van der Waals surface area contributed by atoms with Crippen LogP contribution in [0, 0.1) is 23.2 Å². The summed E-state index contributed by atoms with van der Waals surface area (Å²) in [6.07, 6.45) is 2.72. The van der Waals surface area contributed by atoms with Gasteiger partial charge in [0.1, 0.15) is 17.7 Å². The van der Waals surface area contributed by atoms with Crippen molar-refractivity contribution in [2.24, 2.45) is 11.3 Å². The lowest BCUT2D eigenvalue weighted by molar-refractivity contribution is -0.140. The zero-order valence-electron chi connectivity index (χ0n) is 11.4. The van der Waals surface area contributed by atoms with Gasteiger partial charge in [-0.1, -0.05) is 32.6 Å². The Morgan fingerprint density at radius 3 is 2.61 bits per heavy atom. The molecule has 1 fully saturated rings. The van der Waals surface area contributed by atoms with Gasteiger partial charge >= 0.3 is 0 Å². The molecule has 1 saturated carbocycles. The quantitative estimate of drug-likeness (QED) is 0.438. The highest BCUT2D eigenvalue weighted by Crippen LogP contribution is 2.45. The van der Waals surface area contributed by atoms with E-state index in [1.54, 1.807) is 6.92 Å². The smallest absolute Gasteiger partial charge is 0.143 e. The summed E-state index contributed by atoms with van der Waals surface area (Å²) in [6, 6.07) is 0. The number of Topliss-reactive ketones (excluding diaryl/α,β-unsaturated/α-hetero) is 1. The molecule has 0 bridgehead atoms. The second-order valence-corrected chi connectivity index (χ2v) is 5.71. The minimum Gasteiger partial charge on any atom is -0.377 e. The van der Waals surface area contributed by atoms with E-state index in [1.165, 1.54) is 6.08 Å². The van der Waals surface area contributed by atoms with Crippen molar-refractivity contribution < 1.29 is 14.7 Å². The van der Waals surface area contributed by atoms with Gasteiger partial charge in [-0.3, -0.25) is 9.59 Å². The number of aliphatic hydroxyl groups is 1. The van der Waals surface area contributed by atoms with Crippen LogP contribution in [0.1, 0.15) is 40.5 Å². The topological polar surface area (TPSA) is 54.4 Å². The summed E-state index contributed by atoms with van der Waals surface area (Å²) < 4.78 is 0. The van der Waals surface area contributed by atoms with E-state index >= 15 is 0 Å². The van der Waals surface area contributed by atoms with E-state index in [0.717, 1.165) is 0 Å². The zero-order chi connectivity index (χ0) is 14.0. The number of rotatable bonds is 1. The van der Waals surface area contributed by atoms with Gasteiger partial charge < -0.3 is 5.11 Å². The maximum Gasteiger partial charge on any atom is 0.143 e. The summed E-state index contributed by atoms with van der Waals surface area (Å²) in [5.74, 6) is 5.64. The predicted octanol–water partition coefficient (Wildman–Crippen LogP) is 1.89. The second kappa shape index (κ2) is 5.07. The van der Waals surface area contributed by atoms with Crippen LogP contribution in [0.25, 0.3) is 0 Å². The normalized spacial score (nSPS) is 31.5. The van der Waals surface area contributed by atoms with E-state index in [2.05, 4.69) is 11.8 Å². The zero-order valence-corrected chi connectivity index (χ0v) is 11.4. The molecule has 3 heteroatoms. The van der Waals surface area contributed by atoms with Crippen LogP contribution < -0.4 is 0 Å². The number of ketones is 1. The van der Waals surface area contributed by atoms with Crippen LogP contribution >= 0.6 is 0 Å². The van der Waals surface area contributed by atoms with Crippen molar-refractivity contribution >= 4 is 12.1 Å². The molecule has 0 aromatic heterocycles. The average molecular weight is 248 g/mol. The van der Waals surface area contributed by atoms with Crippen LogP contribution in [0.4, 0.5) is 0 Å².